The van der Waals surface area contributed by atoms with Gasteiger partial charge < -0.3 is 18.6 Å². The highest BCUT2D eigenvalue weighted by Gasteiger charge is 2.42. The number of para-hydroxylation sites is 11. The number of thiazole rings is 1. The molecule has 3 aliphatic heterocycles. The van der Waals surface area contributed by atoms with E-state index in [0.29, 0.717) is 106 Å². The summed E-state index contributed by atoms with van der Waals surface area (Å²) in [5, 5.41) is 0. The number of imidazole rings is 4. The van der Waals surface area contributed by atoms with Crippen LogP contribution in [0.5, 0.6) is 34.5 Å². The van der Waals surface area contributed by atoms with Crippen molar-refractivity contribution < 1.29 is 57.0 Å². The monoisotopic (exact) mass is 1970 g/mol. The van der Waals surface area contributed by atoms with Gasteiger partial charge in [0.25, 0.3) is 0 Å². The van der Waals surface area contributed by atoms with E-state index in [1.807, 2.05) is 211 Å². The summed E-state index contributed by atoms with van der Waals surface area (Å²) in [6.07, 6.45) is -3.74. The predicted octanol–water partition coefficient (Wildman–Crippen LogP) is 36.3. The van der Waals surface area contributed by atoms with Crippen molar-refractivity contribution in [3.8, 4) is 129 Å². The molecule has 0 saturated carbocycles. The minimum absolute atomic E-state index is 0.00479. The molecule has 10 heterocycles. The van der Waals surface area contributed by atoms with Crippen LogP contribution in [-0.4, -0.2) is 37.7 Å². The lowest BCUT2D eigenvalue weighted by molar-refractivity contribution is 0.417. The summed E-state index contributed by atoms with van der Waals surface area (Å²) >= 11 is 1.39. The fourth-order valence-electron chi connectivity index (χ4n) is 22.4. The van der Waals surface area contributed by atoms with Crippen LogP contribution in [0, 0.1) is 54.8 Å². The molecule has 24 aromatic rings. The fourth-order valence-corrected chi connectivity index (χ4v) is 23.6. The van der Waals surface area contributed by atoms with Gasteiger partial charge in [0.05, 0.1) is 71.3 Å². The van der Waals surface area contributed by atoms with Crippen molar-refractivity contribution >= 4 is 93.4 Å². The first-order valence-corrected chi connectivity index (χ1v) is 50.0. The highest BCUT2D eigenvalue weighted by atomic mass is 32.1. The standard InChI is InChI=1S/C45H40N4O.C45H38N2O2.C45H38N2OS/c1-27-20-22-29(48-37-17-11-12-18-38(37)49-36-16-10-9-15-34(36)47-43(48)49)26-30(27)41-28(2)21-25-35(46-41)40-32(44(3,4)5)23-24-33-42(40)50-39-19-13-8-14-31(39)45(33,6)7;2*1-7-29-21-23-38-43(49-44-46-36-13-9-10-14-37(36)47(38)44)41(29)31-20-17-27(3)33(25-31)32-24-30(19-16-26(32)2)40-28(4)18-22-35-42(40)48-39-15-11-8-12-34(39)45(35,5)6/h8-26H,1-7H3;2*8-25H,7H2,1-6H3/i1D3,2D3;2*2D3,3D3,4D3,7D2. The molecule has 27 rings (SSSR count). The van der Waals surface area contributed by atoms with Gasteiger partial charge in [-0.05, 0) is 300 Å². The van der Waals surface area contributed by atoms with Crippen LogP contribution in [0.2, 0.25) is 0 Å². The summed E-state index contributed by atoms with van der Waals surface area (Å²) in [4.78, 5) is 20.4. The summed E-state index contributed by atoms with van der Waals surface area (Å²) in [6.45, 7) is 0.352. The number of pyridine rings is 1. The van der Waals surface area contributed by atoms with Crippen molar-refractivity contribution in [2.75, 3.05) is 0 Å². The maximum Gasteiger partial charge on any atom is 0.307 e. The van der Waals surface area contributed by atoms with E-state index in [0.717, 1.165) is 99.1 Å². The third-order valence-electron chi connectivity index (χ3n) is 29.9. The molecule has 0 atom stereocenters. The Kier molecular flexibility index (Phi) is 15.7. The Morgan fingerprint density at radius 2 is 0.730 bits per heavy atom. The number of fused-ring (bicyclic) bond motifs is 21. The van der Waals surface area contributed by atoms with Crippen molar-refractivity contribution in [1.29, 1.82) is 0 Å². The lowest BCUT2D eigenvalue weighted by Gasteiger charge is -2.37. The van der Waals surface area contributed by atoms with Gasteiger partial charge in [0, 0.05) is 127 Å². The number of benzene rings is 17. The molecule has 13 heteroatoms. The molecule has 0 spiro atoms. The highest BCUT2D eigenvalue weighted by molar-refractivity contribution is 7.24. The minimum atomic E-state index is -2.74. The van der Waals surface area contributed by atoms with Crippen LogP contribution < -0.4 is 14.2 Å². The number of nitrogens with zero attached hydrogens (tertiary/aromatic N) is 8. The van der Waals surface area contributed by atoms with Gasteiger partial charge >= 0.3 is 5.84 Å². The van der Waals surface area contributed by atoms with Gasteiger partial charge in [-0.3, -0.25) is 17.8 Å². The fraction of sp³-hybridized carbons (Fsp3) is 0.185. The predicted molar refractivity (Wildman–Crippen MR) is 613 cm³/mol. The first-order valence-electron chi connectivity index (χ1n) is 63.2. The second kappa shape index (κ2) is 34.9. The SMILES string of the molecule is [2H]C([2H])([2H])c1ccc(-c2c(C([2H])([2H])[2H])ccc3c2Oc2ccccc2C3(C)C)cc1-c1cc(-c2c(C([2H])([2H])C)ccc3c2oc2nc4ccccc4n23)ccc1C([2H])([2H])[2H].[2H]C([2H])([2H])c1ccc(-c2c(C([2H])([2H])[2H])ccc3c2Oc2ccccc2C3(C)C)cc1-c1cc(-c2c(C([2H])([2H])C)ccc3c2sc2nc4ccccc4n23)ccc1C([2H])([2H])[2H].[2H]C([2H])([2H])c1ccc(-n2c3ccccc3n3c4ccccc4nc23)cc1-c1nc(-c2c(C(C)(C)C)ccc3c2Oc2ccccc2C3(C)C)ccc1C([2H])([2H])[2H]. The number of hydrogen-bond acceptors (Lipinski definition) is 9. The van der Waals surface area contributed by atoms with Gasteiger partial charge in [0.15, 0.2) is 10.5 Å². The Bertz CT molecular complexity index is 10500. The molecule has 0 unspecified atom stereocenters. The summed E-state index contributed by atoms with van der Waals surface area (Å²) in [6, 6.07) is 98.6. The molecule has 12 nitrogen and oxygen atoms in total. The Balaban J connectivity index is 0.000000131. The molecule has 0 amide bonds. The Morgan fingerprint density at radius 3 is 1.24 bits per heavy atom. The van der Waals surface area contributed by atoms with E-state index in [2.05, 4.69) is 62.2 Å². The Hall–Kier alpha value is -16.5. The maximum absolute atomic E-state index is 8.91. The maximum atomic E-state index is 8.91. The average molecular weight is 1970 g/mol. The zero-order chi connectivity index (χ0) is 125. The third-order valence-corrected chi connectivity index (χ3v) is 31.0. The van der Waals surface area contributed by atoms with Crippen LogP contribution >= 0.6 is 11.3 Å². The molecule has 17 aromatic carbocycles. The van der Waals surface area contributed by atoms with Crippen LogP contribution in [0.4, 0.5) is 0 Å². The smallest absolute Gasteiger partial charge is 0.307 e. The summed E-state index contributed by atoms with van der Waals surface area (Å²) in [5.41, 5.74) is 17.9. The first kappa shape index (κ1) is 66.5. The first-order chi connectivity index (χ1) is 82.5. The molecular formula is C135H116N8O4S. The summed E-state index contributed by atoms with van der Waals surface area (Å²) in [7, 11) is 0. The van der Waals surface area contributed by atoms with Gasteiger partial charge in [0.2, 0.25) is 5.78 Å². The van der Waals surface area contributed by atoms with Gasteiger partial charge in [0.1, 0.15) is 34.5 Å². The van der Waals surface area contributed by atoms with E-state index in [-0.39, 0.29) is 106 Å². The second-order valence-electron chi connectivity index (χ2n) is 40.8. The molecule has 0 N–H and O–H groups in total. The molecule has 0 aliphatic carbocycles. The molecule has 3 aliphatic rings. The molecule has 726 valence electrons. The van der Waals surface area contributed by atoms with E-state index in [1.165, 1.54) is 55.5 Å². The van der Waals surface area contributed by atoms with Crippen LogP contribution in [0.15, 0.2) is 338 Å². The molecule has 0 bridgehead atoms. The van der Waals surface area contributed by atoms with E-state index < -0.39 is 83.8 Å². The Morgan fingerprint density at radius 1 is 0.324 bits per heavy atom. The molecular weight excluding hydrogens is 1830 g/mol. The van der Waals surface area contributed by atoms with Gasteiger partial charge in [-0.1, -0.05) is 300 Å². The van der Waals surface area contributed by atoms with Crippen LogP contribution in [0.3, 0.4) is 0 Å². The molecule has 148 heavy (non-hydrogen) atoms. The number of aromatic nitrogens is 8. The van der Waals surface area contributed by atoms with E-state index in [1.54, 1.807) is 115 Å². The topological polar surface area (TPSA) is 111 Å². The van der Waals surface area contributed by atoms with Crippen LogP contribution in [-0.2, 0) is 34.4 Å². The minimum Gasteiger partial charge on any atom is -0.456 e. The number of aryl methyl sites for hydroxylation is 10. The van der Waals surface area contributed by atoms with Crippen molar-refractivity contribution in [2.45, 2.75) is 165 Å². The lowest BCUT2D eigenvalue weighted by atomic mass is 9.72. The van der Waals surface area contributed by atoms with Gasteiger partial charge in [-0.25, -0.2) is 15.0 Å². The molecule has 0 fully saturated rings. The zero-order valence-electron chi connectivity index (χ0n) is 111. The van der Waals surface area contributed by atoms with Crippen molar-refractivity contribution in [1.82, 2.24) is 37.7 Å². The highest BCUT2D eigenvalue weighted by Crippen LogP contribution is 2.58. The Labute approximate surface area is 906 Å². The number of ether oxygens (including phenoxy) is 3. The summed E-state index contributed by atoms with van der Waals surface area (Å²) < 4.78 is 278. The quantitative estimate of drug-likeness (QED) is 0.126. The largest absolute Gasteiger partial charge is 0.456 e. The van der Waals surface area contributed by atoms with Crippen molar-refractivity contribution in [2.24, 2.45) is 0 Å². The average Bonchev–Trinajstić information content (AvgIpc) is 1.28. The van der Waals surface area contributed by atoms with Gasteiger partial charge in [-0.2, -0.15) is 4.98 Å². The number of oxazole rings is 1. The van der Waals surface area contributed by atoms with Crippen molar-refractivity contribution in [3.63, 3.8) is 0 Å². The molecule has 0 radical (unpaired) electrons. The zero-order valence-corrected chi connectivity index (χ0v) is 83.7. The molecule has 0 saturated heterocycles. The normalized spacial score (nSPS) is 17.3. The van der Waals surface area contributed by atoms with E-state index >= 15 is 0 Å². The van der Waals surface area contributed by atoms with E-state index in [9.17, 15) is 0 Å². The number of hydrogen-bond donors (Lipinski definition) is 0. The van der Waals surface area contributed by atoms with E-state index in [4.69, 9.17) is 72.0 Å². The number of rotatable bonds is 11. The lowest BCUT2D eigenvalue weighted by Crippen LogP contribution is -2.26. The molecule has 7 aromatic heterocycles. The van der Waals surface area contributed by atoms with Crippen LogP contribution in [0.25, 0.3) is 177 Å². The second-order valence-corrected chi connectivity index (χ2v) is 41.7. The van der Waals surface area contributed by atoms with Crippen LogP contribution in [0.1, 0.15) is 209 Å². The van der Waals surface area contributed by atoms with Crippen molar-refractivity contribution in [3.05, 3.63) is 428 Å². The van der Waals surface area contributed by atoms with Gasteiger partial charge in [-0.15, -0.1) is 0 Å². The summed E-state index contributed by atoms with van der Waals surface area (Å²) in [5.74, 6) is 4.05. The third kappa shape index (κ3) is 14.7.